The van der Waals surface area contributed by atoms with Crippen LogP contribution in [0.3, 0.4) is 0 Å². The van der Waals surface area contributed by atoms with Gasteiger partial charge in [-0.2, -0.15) is 0 Å². The maximum atomic E-state index is 13.4. The second kappa shape index (κ2) is 11.5. The van der Waals surface area contributed by atoms with Gasteiger partial charge in [-0.1, -0.05) is 54.6 Å². The minimum atomic E-state index is -0.996. The molecule has 184 valence electrons. The van der Waals surface area contributed by atoms with E-state index in [0.29, 0.717) is 23.6 Å². The van der Waals surface area contributed by atoms with Gasteiger partial charge in [0.25, 0.3) is 11.8 Å². The molecule has 1 heterocycles. The lowest BCUT2D eigenvalue weighted by Crippen LogP contribution is -2.49. The fourth-order valence-electron chi connectivity index (χ4n) is 3.85. The van der Waals surface area contributed by atoms with Crippen LogP contribution in [0.2, 0.25) is 0 Å². The summed E-state index contributed by atoms with van der Waals surface area (Å²) < 4.78 is 5.48. The number of nitrogens with zero attached hydrogens (tertiary/aromatic N) is 2. The number of hydrogen-bond donors (Lipinski definition) is 2. The minimum Gasteiger partial charge on any atom is -0.494 e. The lowest BCUT2D eigenvalue weighted by molar-refractivity contribution is -0.131. The first kappa shape index (κ1) is 24.9. The molecule has 1 aliphatic rings. The Labute approximate surface area is 214 Å². The number of rotatable bonds is 9. The maximum Gasteiger partial charge on any atom is 0.269 e. The Hall–Kier alpha value is -4.24. The average molecular weight is 503 g/mol. The summed E-state index contributed by atoms with van der Waals surface area (Å²) in [5, 5.41) is 4.24. The Morgan fingerprint density at radius 1 is 0.972 bits per heavy atom. The van der Waals surface area contributed by atoms with Crippen LogP contribution in [0.25, 0.3) is 0 Å². The second-order valence-electron chi connectivity index (χ2n) is 8.10. The monoisotopic (exact) mass is 502 g/mol. The van der Waals surface area contributed by atoms with E-state index >= 15 is 0 Å². The van der Waals surface area contributed by atoms with Crippen molar-refractivity contribution >= 4 is 40.7 Å². The highest BCUT2D eigenvalue weighted by molar-refractivity contribution is 7.80. The molecule has 3 aromatic rings. The topological polar surface area (TPSA) is 91.0 Å². The van der Waals surface area contributed by atoms with Gasteiger partial charge < -0.3 is 10.1 Å². The molecule has 0 saturated carbocycles. The normalized spacial score (nSPS) is 15.1. The summed E-state index contributed by atoms with van der Waals surface area (Å²) in [5.74, 6) is -0.568. The van der Waals surface area contributed by atoms with Crippen LogP contribution in [-0.4, -0.2) is 45.4 Å². The molecule has 3 amide bonds. The van der Waals surface area contributed by atoms with Crippen LogP contribution < -0.4 is 15.5 Å². The summed E-state index contributed by atoms with van der Waals surface area (Å²) in [7, 11) is 0. The molecule has 1 atom stereocenters. The van der Waals surface area contributed by atoms with Crippen LogP contribution in [-0.2, 0) is 16.1 Å². The van der Waals surface area contributed by atoms with Gasteiger partial charge in [0, 0.05) is 17.3 Å². The fourth-order valence-corrected chi connectivity index (χ4v) is 4.17. The molecule has 4 rings (SSSR count). The highest BCUT2D eigenvalue weighted by Crippen LogP contribution is 2.23. The van der Waals surface area contributed by atoms with Crippen molar-refractivity contribution in [2.75, 3.05) is 11.9 Å². The number of carbonyl (C=O) groups excluding carboxylic acids is 3. The third-order valence-corrected chi connectivity index (χ3v) is 5.97. The molecule has 1 aliphatic heterocycles. The Kier molecular flexibility index (Phi) is 7.92. The first-order valence-electron chi connectivity index (χ1n) is 11.5. The van der Waals surface area contributed by atoms with Crippen LogP contribution in [0.4, 0.5) is 5.69 Å². The van der Waals surface area contributed by atoms with Gasteiger partial charge in [0.2, 0.25) is 5.91 Å². The van der Waals surface area contributed by atoms with Crippen molar-refractivity contribution in [1.82, 2.24) is 15.3 Å². The van der Waals surface area contributed by atoms with E-state index in [0.717, 1.165) is 5.56 Å². The lowest BCUT2D eigenvalue weighted by Gasteiger charge is -2.24. The molecule has 1 unspecified atom stereocenters. The number of hydrogen-bond acceptors (Lipinski definition) is 5. The molecule has 2 N–H and O–H groups in total. The van der Waals surface area contributed by atoms with Gasteiger partial charge in [0.1, 0.15) is 11.8 Å². The van der Waals surface area contributed by atoms with Crippen LogP contribution >= 0.6 is 12.2 Å². The maximum absolute atomic E-state index is 13.4. The Bertz CT molecular complexity index is 1250. The smallest absolute Gasteiger partial charge is 0.269 e. The van der Waals surface area contributed by atoms with Crippen molar-refractivity contribution in [1.29, 1.82) is 0 Å². The van der Waals surface area contributed by atoms with Crippen LogP contribution in [0.5, 0.6) is 5.75 Å². The Balaban J connectivity index is 1.54. The summed E-state index contributed by atoms with van der Waals surface area (Å²) in [6.45, 7) is 2.60. The molecule has 0 aliphatic carbocycles. The molecule has 1 fully saturated rings. The van der Waals surface area contributed by atoms with E-state index < -0.39 is 17.9 Å². The first-order valence-corrected chi connectivity index (χ1v) is 11.9. The zero-order chi connectivity index (χ0) is 25.5. The lowest BCUT2D eigenvalue weighted by atomic mass is 10.1. The predicted octanol–water partition coefficient (Wildman–Crippen LogP) is 3.76. The van der Waals surface area contributed by atoms with E-state index in [4.69, 9.17) is 17.0 Å². The molecule has 0 bridgehead atoms. The number of benzene rings is 3. The molecule has 8 nitrogen and oxygen atoms in total. The second-order valence-corrected chi connectivity index (χ2v) is 8.46. The van der Waals surface area contributed by atoms with E-state index in [1.807, 2.05) is 37.3 Å². The van der Waals surface area contributed by atoms with Crippen molar-refractivity contribution in [3.8, 4) is 5.75 Å². The van der Waals surface area contributed by atoms with Gasteiger partial charge >= 0.3 is 0 Å². The van der Waals surface area contributed by atoms with Crippen molar-refractivity contribution in [2.24, 2.45) is 0 Å². The standard InChI is InChI=1S/C27H26N4O4S/c1-2-35-22-15-9-14-21(16-22)28-24(32)17-23-26(34)30(18-19-10-5-3-6-11-19)27(36)31(23)29-25(33)20-12-7-4-8-13-20/h3-16,23H,2,17-18H2,1H3,(H,28,32)(H,29,33). The zero-order valence-electron chi connectivity index (χ0n) is 19.7. The van der Waals surface area contributed by atoms with E-state index in [9.17, 15) is 14.4 Å². The summed E-state index contributed by atoms with van der Waals surface area (Å²) >= 11 is 5.58. The Morgan fingerprint density at radius 2 is 1.67 bits per heavy atom. The van der Waals surface area contributed by atoms with Gasteiger partial charge in [-0.3, -0.25) is 24.7 Å². The molecule has 36 heavy (non-hydrogen) atoms. The van der Waals surface area contributed by atoms with Gasteiger partial charge in [0.15, 0.2) is 5.11 Å². The number of nitrogens with one attached hydrogen (secondary N) is 2. The van der Waals surface area contributed by atoms with Crippen LogP contribution in [0.1, 0.15) is 29.3 Å². The van der Waals surface area contributed by atoms with E-state index in [-0.39, 0.29) is 24.0 Å². The Morgan fingerprint density at radius 3 is 2.36 bits per heavy atom. The number of anilines is 1. The number of thiocarbonyl (C=S) groups is 1. The summed E-state index contributed by atoms with van der Waals surface area (Å²) in [6.07, 6.45) is -0.210. The predicted molar refractivity (Wildman–Crippen MR) is 140 cm³/mol. The van der Waals surface area contributed by atoms with E-state index in [2.05, 4.69) is 10.7 Å². The largest absolute Gasteiger partial charge is 0.494 e. The summed E-state index contributed by atoms with van der Waals surface area (Å²) in [4.78, 5) is 40.7. The molecule has 1 saturated heterocycles. The zero-order valence-corrected chi connectivity index (χ0v) is 20.5. The molecule has 0 aromatic heterocycles. The number of hydrazine groups is 1. The van der Waals surface area contributed by atoms with Gasteiger partial charge in [0.05, 0.1) is 19.6 Å². The molecule has 3 aromatic carbocycles. The summed E-state index contributed by atoms with van der Waals surface area (Å²) in [6, 6.07) is 24.0. The SMILES string of the molecule is CCOc1cccc(NC(=O)CC2C(=O)N(Cc3ccccc3)C(=S)N2NC(=O)c2ccccc2)c1. The van der Waals surface area contributed by atoms with Crippen molar-refractivity contribution < 1.29 is 19.1 Å². The number of ether oxygens (including phenoxy) is 1. The third kappa shape index (κ3) is 5.87. The van der Waals surface area contributed by atoms with Crippen molar-refractivity contribution in [3.63, 3.8) is 0 Å². The molecule has 0 spiro atoms. The average Bonchev–Trinajstić information content (AvgIpc) is 3.09. The molecule has 9 heteroatoms. The summed E-state index contributed by atoms with van der Waals surface area (Å²) in [5.41, 5.74) is 4.55. The minimum absolute atomic E-state index is 0.129. The van der Waals surface area contributed by atoms with E-state index in [1.165, 1.54) is 9.91 Å². The quantitative estimate of drug-likeness (QED) is 0.433. The highest BCUT2D eigenvalue weighted by Gasteiger charge is 2.44. The third-order valence-electron chi connectivity index (χ3n) is 5.55. The van der Waals surface area contributed by atoms with Gasteiger partial charge in [-0.15, -0.1) is 0 Å². The van der Waals surface area contributed by atoms with Gasteiger partial charge in [-0.05, 0) is 49.0 Å². The number of carbonyl (C=O) groups is 3. The molecular formula is C27H26N4O4S. The van der Waals surface area contributed by atoms with E-state index in [1.54, 1.807) is 54.6 Å². The number of amides is 3. The van der Waals surface area contributed by atoms with Crippen LogP contribution in [0, 0.1) is 0 Å². The fraction of sp³-hybridized carbons (Fsp3) is 0.185. The van der Waals surface area contributed by atoms with Gasteiger partial charge in [-0.25, -0.2) is 5.01 Å². The molecular weight excluding hydrogens is 476 g/mol. The first-order chi connectivity index (χ1) is 17.5. The molecule has 0 radical (unpaired) electrons. The van der Waals surface area contributed by atoms with Crippen molar-refractivity contribution in [3.05, 3.63) is 96.1 Å². The van der Waals surface area contributed by atoms with Crippen LogP contribution in [0.15, 0.2) is 84.9 Å². The highest BCUT2D eigenvalue weighted by atomic mass is 32.1. The van der Waals surface area contributed by atoms with Crippen molar-refractivity contribution in [2.45, 2.75) is 25.9 Å².